The molecule has 0 aliphatic heterocycles. The van der Waals surface area contributed by atoms with E-state index in [2.05, 4.69) is 65.8 Å². The third-order valence-corrected chi connectivity index (χ3v) is 4.79. The molecule has 0 bridgehead atoms. The molecule has 0 heterocycles. The van der Waals surface area contributed by atoms with Gasteiger partial charge in [-0.3, -0.25) is 0 Å². The Kier molecular flexibility index (Phi) is 19.7. The highest BCUT2D eigenvalue weighted by atomic mass is 16.5. The van der Waals surface area contributed by atoms with Crippen LogP contribution in [0.2, 0.25) is 0 Å². The summed E-state index contributed by atoms with van der Waals surface area (Å²) in [6.45, 7) is 16.6. The molecule has 0 amide bonds. The molecule has 0 aliphatic carbocycles. The normalized spacial score (nSPS) is 8.89. The Morgan fingerprint density at radius 3 is 1.14 bits per heavy atom. The summed E-state index contributed by atoms with van der Waals surface area (Å²) in [5, 5.41) is 0. The summed E-state index contributed by atoms with van der Waals surface area (Å²) in [6.07, 6.45) is 2.34. The second kappa shape index (κ2) is 21.7. The highest BCUT2D eigenvalue weighted by Gasteiger charge is 1.95. The highest BCUT2D eigenvalue weighted by Crippen LogP contribution is 2.21. The number of ether oxygens (including phenoxy) is 2. The number of hydrogen-bond acceptors (Lipinski definition) is 2. The van der Waals surface area contributed by atoms with Crippen molar-refractivity contribution < 1.29 is 9.47 Å². The van der Waals surface area contributed by atoms with Crippen LogP contribution < -0.4 is 9.47 Å². The first kappa shape index (κ1) is 33.5. The zero-order chi connectivity index (χ0) is 27.9. The third kappa shape index (κ3) is 16.7. The molecule has 4 aromatic rings. The molecule has 4 aromatic carbocycles. The lowest BCUT2D eigenvalue weighted by atomic mass is 10.2. The Morgan fingerprint density at radius 1 is 0.486 bits per heavy atom. The molecule has 200 valence electrons. The van der Waals surface area contributed by atoms with Crippen LogP contribution >= 0.6 is 0 Å². The van der Waals surface area contributed by atoms with E-state index in [1.54, 1.807) is 7.11 Å². The molecule has 0 radical (unpaired) electrons. The molecule has 4 rings (SSSR count). The van der Waals surface area contributed by atoms with Crippen molar-refractivity contribution in [1.29, 1.82) is 0 Å². The second-order valence-corrected chi connectivity index (χ2v) is 8.29. The summed E-state index contributed by atoms with van der Waals surface area (Å²) in [5.74, 6) is 2.69. The SMILES string of the molecule is CC.CCC.CCc1ccc(OC)cc1.Cc1ccc(Oc2ccc(C)cc2)cc1.Cc1ccccc1. The molecular weight excluding hydrogens is 452 g/mol. The van der Waals surface area contributed by atoms with Gasteiger partial charge in [0.1, 0.15) is 17.2 Å². The summed E-state index contributed by atoms with van der Waals surface area (Å²) in [6, 6.07) is 34.5. The molecule has 0 spiro atoms. The van der Waals surface area contributed by atoms with Crippen LogP contribution in [0.5, 0.6) is 17.2 Å². The fourth-order valence-electron chi connectivity index (χ4n) is 2.74. The number of hydrogen-bond donors (Lipinski definition) is 0. The van der Waals surface area contributed by atoms with Crippen molar-refractivity contribution in [3.8, 4) is 17.2 Å². The monoisotopic (exact) mass is 500 g/mol. The maximum absolute atomic E-state index is 5.69. The maximum atomic E-state index is 5.69. The molecular formula is C35H48O2. The van der Waals surface area contributed by atoms with Gasteiger partial charge in [-0.05, 0) is 69.2 Å². The third-order valence-electron chi connectivity index (χ3n) is 4.79. The van der Waals surface area contributed by atoms with Crippen LogP contribution in [0.15, 0.2) is 103 Å². The summed E-state index contributed by atoms with van der Waals surface area (Å²) < 4.78 is 10.7. The van der Waals surface area contributed by atoms with Gasteiger partial charge in [-0.2, -0.15) is 0 Å². The molecule has 0 unspecified atom stereocenters. The molecule has 37 heavy (non-hydrogen) atoms. The molecule has 0 aromatic heterocycles. The molecule has 0 N–H and O–H groups in total. The largest absolute Gasteiger partial charge is 0.497 e. The van der Waals surface area contributed by atoms with E-state index >= 15 is 0 Å². The van der Waals surface area contributed by atoms with Gasteiger partial charge in [0.05, 0.1) is 7.11 Å². The topological polar surface area (TPSA) is 18.5 Å². The first-order valence-electron chi connectivity index (χ1n) is 13.4. The van der Waals surface area contributed by atoms with Gasteiger partial charge in [0.15, 0.2) is 0 Å². The summed E-state index contributed by atoms with van der Waals surface area (Å²) in [4.78, 5) is 0. The van der Waals surface area contributed by atoms with Crippen molar-refractivity contribution >= 4 is 0 Å². The van der Waals surface area contributed by atoms with E-state index in [1.165, 1.54) is 28.7 Å². The lowest BCUT2D eigenvalue weighted by Crippen LogP contribution is -1.84. The molecule has 0 aliphatic rings. The van der Waals surface area contributed by atoms with Gasteiger partial charge in [-0.1, -0.05) is 124 Å². The van der Waals surface area contributed by atoms with Gasteiger partial charge in [0, 0.05) is 0 Å². The van der Waals surface area contributed by atoms with E-state index in [4.69, 9.17) is 9.47 Å². The second-order valence-electron chi connectivity index (χ2n) is 8.29. The van der Waals surface area contributed by atoms with E-state index < -0.39 is 0 Å². The predicted molar refractivity (Wildman–Crippen MR) is 163 cm³/mol. The fourth-order valence-corrected chi connectivity index (χ4v) is 2.74. The zero-order valence-corrected chi connectivity index (χ0v) is 24.5. The minimum absolute atomic E-state index is 0.879. The number of benzene rings is 4. The van der Waals surface area contributed by atoms with E-state index in [0.29, 0.717) is 0 Å². The quantitative estimate of drug-likeness (QED) is 0.277. The predicted octanol–water partition coefficient (Wildman–Crippen LogP) is 10.8. The Bertz CT molecular complexity index is 953. The smallest absolute Gasteiger partial charge is 0.127 e. The molecule has 0 atom stereocenters. The van der Waals surface area contributed by atoms with Crippen LogP contribution in [0.3, 0.4) is 0 Å². The lowest BCUT2D eigenvalue weighted by Gasteiger charge is -2.05. The van der Waals surface area contributed by atoms with Crippen molar-refractivity contribution in [3.63, 3.8) is 0 Å². The van der Waals surface area contributed by atoms with Gasteiger partial charge in [0.25, 0.3) is 0 Å². The van der Waals surface area contributed by atoms with Crippen molar-refractivity contribution in [2.45, 2.75) is 68.2 Å². The molecule has 2 nitrogen and oxygen atoms in total. The van der Waals surface area contributed by atoms with Crippen LogP contribution in [0.25, 0.3) is 0 Å². The summed E-state index contributed by atoms with van der Waals surface area (Å²) >= 11 is 0. The van der Waals surface area contributed by atoms with Gasteiger partial charge in [-0.15, -0.1) is 0 Å². The van der Waals surface area contributed by atoms with Crippen LogP contribution in [-0.2, 0) is 6.42 Å². The van der Waals surface area contributed by atoms with E-state index in [0.717, 1.165) is 23.7 Å². The van der Waals surface area contributed by atoms with Crippen LogP contribution in [-0.4, -0.2) is 7.11 Å². The van der Waals surface area contributed by atoms with E-state index in [1.807, 2.05) is 92.7 Å². The van der Waals surface area contributed by atoms with Gasteiger partial charge >= 0.3 is 0 Å². The average molecular weight is 501 g/mol. The van der Waals surface area contributed by atoms with Crippen molar-refractivity contribution in [1.82, 2.24) is 0 Å². The van der Waals surface area contributed by atoms with E-state index in [9.17, 15) is 0 Å². The first-order chi connectivity index (χ1) is 17.9. The summed E-state index contributed by atoms with van der Waals surface area (Å²) in [5.41, 5.74) is 5.15. The number of methoxy groups -OCH3 is 1. The van der Waals surface area contributed by atoms with Crippen LogP contribution in [0.1, 0.15) is 63.3 Å². The molecule has 0 saturated carbocycles. The molecule has 2 heteroatoms. The standard InChI is InChI=1S/C14H14O.C9H12O.C7H8.C3H8.C2H6/c1-11-3-7-13(8-4-11)15-14-9-5-12(2)6-10-14;1-3-8-4-6-9(10-2)7-5-8;1-7-5-3-2-4-6-7;1-3-2;1-2/h3-10H,1-2H3;4-7H,3H2,1-2H3;2-6H,1H3;3H2,1-2H3;1-2H3. The highest BCUT2D eigenvalue weighted by molar-refractivity contribution is 5.34. The number of aryl methyl sites for hydroxylation is 4. The van der Waals surface area contributed by atoms with Crippen molar-refractivity contribution in [2.75, 3.05) is 7.11 Å². The van der Waals surface area contributed by atoms with Gasteiger partial charge in [-0.25, -0.2) is 0 Å². The number of rotatable bonds is 4. The Hall–Kier alpha value is -3.52. The maximum Gasteiger partial charge on any atom is 0.127 e. The van der Waals surface area contributed by atoms with Gasteiger partial charge in [0.2, 0.25) is 0 Å². The Balaban J connectivity index is 0.000000511. The molecule has 0 saturated heterocycles. The van der Waals surface area contributed by atoms with Crippen LogP contribution in [0.4, 0.5) is 0 Å². The lowest BCUT2D eigenvalue weighted by molar-refractivity contribution is 0.414. The summed E-state index contributed by atoms with van der Waals surface area (Å²) in [7, 11) is 1.68. The van der Waals surface area contributed by atoms with Crippen molar-refractivity contribution in [3.05, 3.63) is 125 Å². The zero-order valence-electron chi connectivity index (χ0n) is 24.5. The minimum Gasteiger partial charge on any atom is -0.497 e. The Morgan fingerprint density at radius 2 is 0.838 bits per heavy atom. The minimum atomic E-state index is 0.879. The average Bonchev–Trinajstić information content (AvgIpc) is 2.94. The Labute approximate surface area is 227 Å². The molecule has 0 fully saturated rings. The van der Waals surface area contributed by atoms with Gasteiger partial charge < -0.3 is 9.47 Å². The fraction of sp³-hybridized carbons (Fsp3) is 0.314. The van der Waals surface area contributed by atoms with E-state index in [-0.39, 0.29) is 0 Å². The van der Waals surface area contributed by atoms with Crippen molar-refractivity contribution in [2.24, 2.45) is 0 Å². The first-order valence-corrected chi connectivity index (χ1v) is 13.4. The van der Waals surface area contributed by atoms with Crippen LogP contribution in [0, 0.1) is 20.8 Å².